The van der Waals surface area contributed by atoms with Crippen molar-refractivity contribution in [2.24, 2.45) is 0 Å². The van der Waals surface area contributed by atoms with E-state index in [0.29, 0.717) is 6.61 Å². The zero-order valence-electron chi connectivity index (χ0n) is 10.0. The van der Waals surface area contributed by atoms with Crippen molar-refractivity contribution in [2.75, 3.05) is 45.9 Å². The first kappa shape index (κ1) is 12.8. The average molecular weight is 262 g/mol. The van der Waals surface area contributed by atoms with Gasteiger partial charge in [0.25, 0.3) is 0 Å². The molecule has 3 saturated heterocycles. The molecule has 0 aromatic carbocycles. The summed E-state index contributed by atoms with van der Waals surface area (Å²) in [6.45, 7) is 7.69. The van der Waals surface area contributed by atoms with Crippen molar-refractivity contribution in [1.29, 1.82) is 0 Å². The Morgan fingerprint density at radius 1 is 1.29 bits per heavy atom. The SMILES string of the molecule is C1CN1.CCOC(=O)NP(=O)(N1CC1)N1CC1. The second kappa shape index (κ2) is 5.35. The lowest BCUT2D eigenvalue weighted by Gasteiger charge is -2.20. The Hall–Kier alpha value is -0.620. The van der Waals surface area contributed by atoms with E-state index in [2.05, 4.69) is 10.4 Å². The van der Waals surface area contributed by atoms with Crippen LogP contribution >= 0.6 is 7.59 Å². The Morgan fingerprint density at radius 2 is 1.76 bits per heavy atom. The Morgan fingerprint density at radius 3 is 2.06 bits per heavy atom. The van der Waals surface area contributed by atoms with Gasteiger partial charge in [0.05, 0.1) is 6.61 Å². The van der Waals surface area contributed by atoms with E-state index >= 15 is 0 Å². The second-order valence-electron chi connectivity index (χ2n) is 4.03. The minimum atomic E-state index is -2.78. The Bertz CT molecular complexity index is 309. The predicted octanol–water partition coefficient (Wildman–Crippen LogP) is 0.0614. The third kappa shape index (κ3) is 3.96. The van der Waals surface area contributed by atoms with Crippen LogP contribution in [-0.4, -0.2) is 61.3 Å². The van der Waals surface area contributed by atoms with Gasteiger partial charge in [-0.15, -0.1) is 0 Å². The quantitative estimate of drug-likeness (QED) is 0.550. The first-order valence-corrected chi connectivity index (χ1v) is 7.54. The average Bonchev–Trinajstić information content (AvgIpc) is 3.22. The van der Waals surface area contributed by atoms with Gasteiger partial charge < -0.3 is 10.1 Å². The van der Waals surface area contributed by atoms with Crippen molar-refractivity contribution in [2.45, 2.75) is 6.92 Å². The largest absolute Gasteiger partial charge is 0.450 e. The van der Waals surface area contributed by atoms with Crippen LogP contribution in [-0.2, 0) is 9.30 Å². The van der Waals surface area contributed by atoms with Crippen LogP contribution in [0.3, 0.4) is 0 Å². The van der Waals surface area contributed by atoms with E-state index < -0.39 is 13.7 Å². The van der Waals surface area contributed by atoms with Crippen molar-refractivity contribution in [1.82, 2.24) is 19.7 Å². The predicted molar refractivity (Wildman–Crippen MR) is 63.8 cm³/mol. The van der Waals surface area contributed by atoms with E-state index in [1.165, 1.54) is 13.1 Å². The van der Waals surface area contributed by atoms with Crippen molar-refractivity contribution >= 4 is 13.7 Å². The number of carbonyl (C=O) groups excluding carboxylic acids is 1. The molecule has 0 unspecified atom stereocenters. The molecule has 8 heteroatoms. The topological polar surface area (TPSA) is 83.4 Å². The molecule has 3 rings (SSSR count). The van der Waals surface area contributed by atoms with Gasteiger partial charge in [0.15, 0.2) is 0 Å². The molecule has 1 amide bonds. The van der Waals surface area contributed by atoms with Crippen LogP contribution in [0.15, 0.2) is 0 Å². The molecule has 0 aromatic heterocycles. The molecule has 3 aliphatic rings. The van der Waals surface area contributed by atoms with E-state index in [1.807, 2.05) is 0 Å². The lowest BCUT2D eigenvalue weighted by Crippen LogP contribution is -2.27. The highest BCUT2D eigenvalue weighted by atomic mass is 31.2. The van der Waals surface area contributed by atoms with Gasteiger partial charge in [-0.1, -0.05) is 0 Å². The smallest absolute Gasteiger partial charge is 0.414 e. The molecule has 0 saturated carbocycles. The third-order valence-electron chi connectivity index (χ3n) is 2.38. The number of rotatable bonds is 4. The second-order valence-corrected chi connectivity index (χ2v) is 6.48. The van der Waals surface area contributed by atoms with Gasteiger partial charge in [-0.2, -0.15) is 0 Å². The maximum absolute atomic E-state index is 12.3. The van der Waals surface area contributed by atoms with Crippen LogP contribution in [0.1, 0.15) is 6.92 Å². The molecule has 7 nitrogen and oxygen atoms in total. The zero-order valence-corrected chi connectivity index (χ0v) is 10.9. The van der Waals surface area contributed by atoms with E-state index in [9.17, 15) is 9.36 Å². The number of ether oxygens (including phenoxy) is 1. The molecule has 3 heterocycles. The molecule has 98 valence electrons. The van der Waals surface area contributed by atoms with Gasteiger partial charge >= 0.3 is 13.7 Å². The summed E-state index contributed by atoms with van der Waals surface area (Å²) in [6.07, 6.45) is -0.588. The normalized spacial score (nSPS) is 22.2. The van der Waals surface area contributed by atoms with Crippen LogP contribution in [0.5, 0.6) is 0 Å². The first-order chi connectivity index (χ1) is 8.16. The number of nitrogens with one attached hydrogen (secondary N) is 2. The summed E-state index contributed by atoms with van der Waals surface area (Å²) >= 11 is 0. The first-order valence-electron chi connectivity index (χ1n) is 5.93. The monoisotopic (exact) mass is 262 g/mol. The molecule has 3 fully saturated rings. The number of nitrogens with zero attached hydrogens (tertiary/aromatic N) is 2. The Balaban J connectivity index is 0.000000313. The van der Waals surface area contributed by atoms with E-state index in [1.54, 1.807) is 16.3 Å². The highest BCUT2D eigenvalue weighted by molar-refractivity contribution is 7.58. The van der Waals surface area contributed by atoms with Gasteiger partial charge in [0, 0.05) is 39.3 Å². The standard InChI is InChI=1S/C7H14N3O3P.C2H5N/c1-2-13-7(11)8-14(12,9-3-4-9)10-5-6-10;1-2-3-1/h2-6H2,1H3,(H,8,11,12);3H,1-2H2. The maximum atomic E-state index is 12.3. The lowest BCUT2D eigenvalue weighted by molar-refractivity contribution is 0.157. The molecule has 0 aliphatic carbocycles. The zero-order chi connectivity index (χ0) is 12.3. The Kier molecular flexibility index (Phi) is 4.04. The Labute approximate surface area is 101 Å². The highest BCUT2D eigenvalue weighted by Gasteiger charge is 2.49. The van der Waals surface area contributed by atoms with E-state index in [0.717, 1.165) is 26.2 Å². The minimum Gasteiger partial charge on any atom is -0.450 e. The van der Waals surface area contributed by atoms with Crippen LogP contribution in [0.25, 0.3) is 0 Å². The van der Waals surface area contributed by atoms with Crippen LogP contribution in [0, 0.1) is 0 Å². The lowest BCUT2D eigenvalue weighted by atomic mass is 10.9. The number of amides is 1. The van der Waals surface area contributed by atoms with Gasteiger partial charge in [0.1, 0.15) is 0 Å². The van der Waals surface area contributed by atoms with Gasteiger partial charge in [-0.05, 0) is 6.92 Å². The summed E-state index contributed by atoms with van der Waals surface area (Å²) in [7, 11) is -2.78. The van der Waals surface area contributed by atoms with Crippen LogP contribution in [0.2, 0.25) is 0 Å². The van der Waals surface area contributed by atoms with Crippen LogP contribution < -0.4 is 10.4 Å². The van der Waals surface area contributed by atoms with Gasteiger partial charge in [-0.25, -0.2) is 19.2 Å². The fourth-order valence-corrected chi connectivity index (χ4v) is 3.44. The summed E-state index contributed by atoms with van der Waals surface area (Å²) in [5, 5.41) is 5.46. The van der Waals surface area contributed by atoms with Gasteiger partial charge in [0.2, 0.25) is 0 Å². The summed E-state index contributed by atoms with van der Waals surface area (Å²) in [6, 6.07) is 0. The summed E-state index contributed by atoms with van der Waals surface area (Å²) < 4.78 is 20.5. The molecule has 0 spiro atoms. The minimum absolute atomic E-state index is 0.297. The molecular formula is C9H19N4O3P. The number of hydrogen-bond donors (Lipinski definition) is 2. The van der Waals surface area contributed by atoms with Crippen molar-refractivity contribution in [3.8, 4) is 0 Å². The highest BCUT2D eigenvalue weighted by Crippen LogP contribution is 2.56. The molecule has 0 atom stereocenters. The molecule has 0 bridgehead atoms. The summed E-state index contributed by atoms with van der Waals surface area (Å²) in [4.78, 5) is 11.2. The molecule has 0 radical (unpaired) electrons. The fraction of sp³-hybridized carbons (Fsp3) is 0.889. The van der Waals surface area contributed by atoms with Crippen molar-refractivity contribution in [3.05, 3.63) is 0 Å². The third-order valence-corrected chi connectivity index (χ3v) is 5.18. The molecule has 3 aliphatic heterocycles. The van der Waals surface area contributed by atoms with Crippen molar-refractivity contribution < 1.29 is 14.1 Å². The van der Waals surface area contributed by atoms with E-state index in [-0.39, 0.29) is 0 Å². The number of hydrogen-bond acceptors (Lipinski definition) is 4. The number of carbonyl (C=O) groups is 1. The maximum Gasteiger partial charge on any atom is 0.414 e. The molecule has 2 N–H and O–H groups in total. The summed E-state index contributed by atoms with van der Waals surface area (Å²) in [5.41, 5.74) is 0. The summed E-state index contributed by atoms with van der Waals surface area (Å²) in [5.74, 6) is 0. The van der Waals surface area contributed by atoms with Crippen LogP contribution in [0.4, 0.5) is 4.79 Å². The molecule has 17 heavy (non-hydrogen) atoms. The molecule has 0 aromatic rings. The van der Waals surface area contributed by atoms with E-state index in [4.69, 9.17) is 4.74 Å². The van der Waals surface area contributed by atoms with Crippen molar-refractivity contribution in [3.63, 3.8) is 0 Å². The van der Waals surface area contributed by atoms with Gasteiger partial charge in [-0.3, -0.25) is 4.57 Å². The fourth-order valence-electron chi connectivity index (χ4n) is 1.23. The molecular weight excluding hydrogens is 243 g/mol.